The Kier molecular flexibility index (Phi) is 8.53. The molecule has 0 bridgehead atoms. The van der Waals surface area contributed by atoms with Crippen LogP contribution in [0, 0.1) is 19.7 Å². The highest BCUT2D eigenvalue weighted by atomic mass is 35.5. The molecule has 0 heterocycles. The van der Waals surface area contributed by atoms with E-state index in [2.05, 4.69) is 15.7 Å². The van der Waals surface area contributed by atoms with Gasteiger partial charge in [-0.2, -0.15) is 5.10 Å². The second-order valence-corrected chi connectivity index (χ2v) is 7.91. The number of anilines is 2. The zero-order valence-electron chi connectivity index (χ0n) is 18.9. The molecule has 0 fully saturated rings. The van der Waals surface area contributed by atoms with E-state index in [1.807, 2.05) is 37.5 Å². The van der Waals surface area contributed by atoms with Crippen LogP contribution in [0.15, 0.2) is 65.8 Å². The largest absolute Gasteiger partial charge is 0.483 e. The van der Waals surface area contributed by atoms with E-state index in [4.69, 9.17) is 16.3 Å². The van der Waals surface area contributed by atoms with Crippen LogP contribution in [-0.4, -0.2) is 30.5 Å². The average molecular weight is 497 g/mol. The van der Waals surface area contributed by atoms with Crippen LogP contribution in [0.3, 0.4) is 0 Å². The number of ether oxygens (including phenoxy) is 1. The van der Waals surface area contributed by atoms with Crippen LogP contribution < -0.4 is 20.8 Å². The maximum atomic E-state index is 13.6. The molecule has 3 aromatic rings. The monoisotopic (exact) mass is 496 g/mol. The minimum atomic E-state index is -1.11. The fourth-order valence-corrected chi connectivity index (χ4v) is 3.17. The molecule has 0 radical (unpaired) electrons. The van der Waals surface area contributed by atoms with Crippen molar-refractivity contribution in [3.8, 4) is 5.75 Å². The Bertz CT molecular complexity index is 1300. The van der Waals surface area contributed by atoms with Crippen LogP contribution in [0.4, 0.5) is 15.8 Å². The van der Waals surface area contributed by atoms with Crippen molar-refractivity contribution in [2.75, 3.05) is 17.2 Å². The van der Waals surface area contributed by atoms with E-state index in [0.717, 1.165) is 17.2 Å². The predicted octanol–water partition coefficient (Wildman–Crippen LogP) is 4.20. The number of amides is 3. The van der Waals surface area contributed by atoms with E-state index >= 15 is 0 Å². The molecule has 0 saturated carbocycles. The number of nitrogens with zero attached hydrogens (tertiary/aromatic N) is 1. The van der Waals surface area contributed by atoms with Gasteiger partial charge in [0, 0.05) is 16.3 Å². The quantitative estimate of drug-likeness (QED) is 0.259. The summed E-state index contributed by atoms with van der Waals surface area (Å²) in [4.78, 5) is 36.2. The minimum Gasteiger partial charge on any atom is -0.483 e. The molecule has 8 nitrogen and oxygen atoms in total. The first-order valence-electron chi connectivity index (χ1n) is 10.4. The summed E-state index contributed by atoms with van der Waals surface area (Å²) in [5.41, 5.74) is 4.94. The average Bonchev–Trinajstić information content (AvgIpc) is 2.81. The number of halogens is 2. The van der Waals surface area contributed by atoms with Crippen molar-refractivity contribution in [3.05, 3.63) is 88.2 Å². The number of benzene rings is 3. The molecule has 0 aliphatic heterocycles. The van der Waals surface area contributed by atoms with Crippen molar-refractivity contribution in [3.63, 3.8) is 0 Å². The van der Waals surface area contributed by atoms with Crippen LogP contribution in [-0.2, 0) is 14.4 Å². The first-order chi connectivity index (χ1) is 16.7. The number of para-hydroxylation sites is 1. The van der Waals surface area contributed by atoms with Gasteiger partial charge in [-0.25, -0.2) is 9.82 Å². The number of hydrazone groups is 1. The SMILES string of the molecule is Cc1ccc(NC(=O)COc2ccc(Cl)cc2/C=N\NC(=O)C(=O)Nc2ccccc2F)c(C)c1. The molecule has 0 saturated heterocycles. The summed E-state index contributed by atoms with van der Waals surface area (Å²) in [6.07, 6.45) is 1.21. The van der Waals surface area contributed by atoms with Crippen LogP contribution in [0.25, 0.3) is 0 Å². The van der Waals surface area contributed by atoms with Crippen molar-refractivity contribution in [2.45, 2.75) is 13.8 Å². The summed E-state index contributed by atoms with van der Waals surface area (Å²) in [6, 6.07) is 15.7. The van der Waals surface area contributed by atoms with Crippen LogP contribution in [0.5, 0.6) is 5.75 Å². The molecule has 10 heteroatoms. The maximum absolute atomic E-state index is 13.6. The molecule has 180 valence electrons. The standard InChI is InChI=1S/C25H22ClFN4O4/c1-15-7-9-20(16(2)11-15)29-23(32)14-35-22-10-8-18(26)12-17(22)13-28-31-25(34)24(33)30-21-6-4-3-5-19(21)27/h3-13H,14H2,1-2H3,(H,29,32)(H,30,33)(H,31,34)/b28-13-. The lowest BCUT2D eigenvalue weighted by Gasteiger charge is -2.12. The maximum Gasteiger partial charge on any atom is 0.329 e. The van der Waals surface area contributed by atoms with Gasteiger partial charge in [-0.05, 0) is 55.8 Å². The summed E-state index contributed by atoms with van der Waals surface area (Å²) in [7, 11) is 0. The number of hydrogen-bond donors (Lipinski definition) is 3. The fraction of sp³-hybridized carbons (Fsp3) is 0.120. The summed E-state index contributed by atoms with van der Waals surface area (Å²) in [6.45, 7) is 3.57. The van der Waals surface area contributed by atoms with Crippen molar-refractivity contribution in [1.29, 1.82) is 0 Å². The third-order valence-corrected chi connectivity index (χ3v) is 4.92. The van der Waals surface area contributed by atoms with Crippen molar-refractivity contribution >= 4 is 46.9 Å². The van der Waals surface area contributed by atoms with E-state index in [9.17, 15) is 18.8 Å². The van der Waals surface area contributed by atoms with Crippen LogP contribution >= 0.6 is 11.6 Å². The molecular weight excluding hydrogens is 475 g/mol. The van der Waals surface area contributed by atoms with Gasteiger partial charge in [0.15, 0.2) is 6.61 Å². The molecule has 0 atom stereocenters. The van der Waals surface area contributed by atoms with Gasteiger partial charge >= 0.3 is 11.8 Å². The topological polar surface area (TPSA) is 109 Å². The third kappa shape index (κ3) is 7.38. The minimum absolute atomic E-state index is 0.138. The molecule has 0 aliphatic carbocycles. The van der Waals surface area contributed by atoms with Crippen molar-refractivity contribution in [1.82, 2.24) is 5.43 Å². The number of aryl methyl sites for hydroxylation is 2. The summed E-state index contributed by atoms with van der Waals surface area (Å²) >= 11 is 6.03. The number of rotatable bonds is 7. The predicted molar refractivity (Wildman–Crippen MR) is 132 cm³/mol. The summed E-state index contributed by atoms with van der Waals surface area (Å²) < 4.78 is 19.2. The third-order valence-electron chi connectivity index (χ3n) is 4.68. The lowest BCUT2D eigenvalue weighted by Crippen LogP contribution is -2.32. The van der Waals surface area contributed by atoms with Gasteiger partial charge in [0.2, 0.25) is 0 Å². The number of carbonyl (C=O) groups excluding carboxylic acids is 3. The fourth-order valence-electron chi connectivity index (χ4n) is 2.99. The van der Waals surface area contributed by atoms with E-state index < -0.39 is 17.6 Å². The molecule has 0 unspecified atom stereocenters. The normalized spacial score (nSPS) is 10.6. The highest BCUT2D eigenvalue weighted by Gasteiger charge is 2.15. The molecule has 0 spiro atoms. The van der Waals surface area contributed by atoms with Crippen LogP contribution in [0.1, 0.15) is 16.7 Å². The Morgan fingerprint density at radius 1 is 0.971 bits per heavy atom. The highest BCUT2D eigenvalue weighted by Crippen LogP contribution is 2.22. The molecule has 0 aromatic heterocycles. The second-order valence-electron chi connectivity index (χ2n) is 7.47. The molecular formula is C25H22ClFN4O4. The van der Waals surface area contributed by atoms with Crippen molar-refractivity contribution in [2.24, 2.45) is 5.10 Å². The Balaban J connectivity index is 1.59. The Morgan fingerprint density at radius 3 is 2.49 bits per heavy atom. The zero-order chi connectivity index (χ0) is 25.4. The molecule has 0 aliphatic rings. The van der Waals surface area contributed by atoms with Gasteiger partial charge in [0.05, 0.1) is 11.9 Å². The Hall–Kier alpha value is -4.24. The molecule has 35 heavy (non-hydrogen) atoms. The van der Waals surface area contributed by atoms with Gasteiger partial charge in [-0.1, -0.05) is 41.4 Å². The van der Waals surface area contributed by atoms with Gasteiger partial charge in [0.1, 0.15) is 11.6 Å². The Labute approximate surface area is 206 Å². The van der Waals surface area contributed by atoms with E-state index in [-0.39, 0.29) is 24.0 Å². The van der Waals surface area contributed by atoms with Gasteiger partial charge in [0.25, 0.3) is 5.91 Å². The second kappa shape index (κ2) is 11.8. The Morgan fingerprint density at radius 2 is 1.74 bits per heavy atom. The summed E-state index contributed by atoms with van der Waals surface area (Å²) in [5.74, 6) is -2.98. The molecule has 3 rings (SSSR count). The molecule has 3 N–H and O–H groups in total. The number of nitrogens with one attached hydrogen (secondary N) is 3. The lowest BCUT2D eigenvalue weighted by molar-refractivity contribution is -0.136. The lowest BCUT2D eigenvalue weighted by atomic mass is 10.1. The van der Waals surface area contributed by atoms with Gasteiger partial charge in [-0.3, -0.25) is 14.4 Å². The molecule has 3 aromatic carbocycles. The summed E-state index contributed by atoms with van der Waals surface area (Å²) in [5, 5.41) is 9.02. The van der Waals surface area contributed by atoms with Gasteiger partial charge < -0.3 is 15.4 Å². The van der Waals surface area contributed by atoms with E-state index in [1.165, 1.54) is 30.5 Å². The van der Waals surface area contributed by atoms with Crippen LogP contribution in [0.2, 0.25) is 5.02 Å². The smallest absolute Gasteiger partial charge is 0.329 e. The number of hydrogen-bond acceptors (Lipinski definition) is 5. The number of carbonyl (C=O) groups is 3. The van der Waals surface area contributed by atoms with Crippen molar-refractivity contribution < 1.29 is 23.5 Å². The van der Waals surface area contributed by atoms with Gasteiger partial charge in [-0.15, -0.1) is 0 Å². The van der Waals surface area contributed by atoms with E-state index in [0.29, 0.717) is 16.3 Å². The zero-order valence-corrected chi connectivity index (χ0v) is 19.7. The van der Waals surface area contributed by atoms with E-state index in [1.54, 1.807) is 12.1 Å². The first-order valence-corrected chi connectivity index (χ1v) is 10.8. The highest BCUT2D eigenvalue weighted by molar-refractivity contribution is 6.39. The first kappa shape index (κ1) is 25.4. The molecule has 3 amide bonds.